The molecule has 3 aromatic carbocycles. The van der Waals surface area contributed by atoms with E-state index in [4.69, 9.17) is 0 Å². The minimum absolute atomic E-state index is 0.00519. The van der Waals surface area contributed by atoms with Gasteiger partial charge in [0.1, 0.15) is 6.04 Å². The zero-order chi connectivity index (χ0) is 27.6. The van der Waals surface area contributed by atoms with Crippen molar-refractivity contribution >= 4 is 23.6 Å². The van der Waals surface area contributed by atoms with E-state index in [1.54, 1.807) is 11.8 Å². The molecule has 1 aliphatic rings. The smallest absolute Gasteiger partial charge is 0.243 e. The highest BCUT2D eigenvalue weighted by molar-refractivity contribution is 7.99. The molecule has 0 spiro atoms. The summed E-state index contributed by atoms with van der Waals surface area (Å²) in [4.78, 5) is 29.6. The molecule has 0 bridgehead atoms. The van der Waals surface area contributed by atoms with Crippen LogP contribution in [-0.2, 0) is 28.3 Å². The zero-order valence-corrected chi connectivity index (χ0v) is 24.4. The van der Waals surface area contributed by atoms with E-state index in [2.05, 4.69) is 62.5 Å². The van der Waals surface area contributed by atoms with Crippen LogP contribution < -0.4 is 5.32 Å². The molecule has 2 amide bonds. The Hall–Kier alpha value is -3.05. The Kier molecular flexibility index (Phi) is 10.7. The third kappa shape index (κ3) is 8.99. The zero-order valence-electron chi connectivity index (χ0n) is 23.6. The summed E-state index contributed by atoms with van der Waals surface area (Å²) in [6, 6.07) is 24.5. The highest BCUT2D eigenvalue weighted by Gasteiger charge is 2.31. The van der Waals surface area contributed by atoms with Gasteiger partial charge in [-0.05, 0) is 50.3 Å². The molecule has 1 atom stereocenters. The minimum atomic E-state index is -0.566. The van der Waals surface area contributed by atoms with Crippen LogP contribution in [0.25, 0.3) is 0 Å². The molecular weight excluding hydrogens is 500 g/mol. The molecule has 4 rings (SSSR count). The van der Waals surface area contributed by atoms with Crippen molar-refractivity contribution in [3.8, 4) is 0 Å². The lowest BCUT2D eigenvalue weighted by molar-refractivity contribution is -0.139. The maximum absolute atomic E-state index is 13.9. The van der Waals surface area contributed by atoms with Crippen LogP contribution in [0.3, 0.4) is 0 Å². The number of thioether (sulfide) groups is 1. The number of nitrogens with zero attached hydrogens (tertiary/aromatic N) is 1. The van der Waals surface area contributed by atoms with Gasteiger partial charge in [0, 0.05) is 24.8 Å². The highest BCUT2D eigenvalue weighted by atomic mass is 32.2. The second kappa shape index (κ2) is 14.4. The van der Waals surface area contributed by atoms with E-state index in [9.17, 15) is 9.59 Å². The van der Waals surface area contributed by atoms with Gasteiger partial charge in [-0.1, -0.05) is 109 Å². The fraction of sp³-hybridized carbons (Fsp3) is 0.412. The maximum Gasteiger partial charge on any atom is 0.243 e. The molecule has 3 aromatic rings. The predicted octanol–water partition coefficient (Wildman–Crippen LogP) is 6.93. The lowest BCUT2D eigenvalue weighted by Crippen LogP contribution is -2.53. The Morgan fingerprint density at radius 1 is 0.821 bits per heavy atom. The number of carbonyl (C=O) groups is 2. The molecule has 0 heterocycles. The van der Waals surface area contributed by atoms with Crippen molar-refractivity contribution in [2.24, 2.45) is 0 Å². The summed E-state index contributed by atoms with van der Waals surface area (Å²) in [5.74, 6) is 1.07. The van der Waals surface area contributed by atoms with Crippen molar-refractivity contribution in [3.63, 3.8) is 0 Å². The molecule has 4 nitrogen and oxygen atoms in total. The summed E-state index contributed by atoms with van der Waals surface area (Å²) in [5.41, 5.74) is 6.96. The van der Waals surface area contributed by atoms with Crippen molar-refractivity contribution in [3.05, 3.63) is 106 Å². The molecule has 1 aliphatic carbocycles. The molecule has 1 fully saturated rings. The van der Waals surface area contributed by atoms with Crippen LogP contribution >= 0.6 is 11.8 Å². The first-order valence-electron chi connectivity index (χ1n) is 14.2. The summed E-state index contributed by atoms with van der Waals surface area (Å²) in [6.07, 6.45) is 6.06. The summed E-state index contributed by atoms with van der Waals surface area (Å²) in [5, 5.41) is 3.33. The van der Waals surface area contributed by atoms with Gasteiger partial charge in [-0.15, -0.1) is 11.8 Å². The second-order valence-electron chi connectivity index (χ2n) is 11.0. The number of amides is 2. The molecule has 0 saturated heterocycles. The molecule has 0 radical (unpaired) electrons. The van der Waals surface area contributed by atoms with E-state index in [-0.39, 0.29) is 17.9 Å². The SMILES string of the molecule is Cc1cc(C)cc(CSCC(=O)N(Cc2cccc(C)c2)C(Cc2ccccc2)C(=O)NC2CCCCC2)c1. The standard InChI is InChI=1S/C34H42N2O2S/c1-25-11-10-14-29(18-25)22-36(33(37)24-39-23-30-19-26(2)17-27(3)20-30)32(21-28-12-6-4-7-13-28)34(38)35-31-15-8-5-9-16-31/h4,6-7,10-14,17-20,31-32H,5,8-9,15-16,21-24H2,1-3H3,(H,35,38). The van der Waals surface area contributed by atoms with Crippen LogP contribution in [0.2, 0.25) is 0 Å². The molecular formula is C34H42N2O2S. The van der Waals surface area contributed by atoms with Crippen LogP contribution in [0.5, 0.6) is 0 Å². The lowest BCUT2D eigenvalue weighted by atomic mass is 9.94. The normalized spacial score (nSPS) is 14.5. The molecule has 39 heavy (non-hydrogen) atoms. The Balaban J connectivity index is 1.57. The quantitative estimate of drug-likeness (QED) is 0.286. The van der Waals surface area contributed by atoms with Gasteiger partial charge in [0.05, 0.1) is 5.75 Å². The average molecular weight is 543 g/mol. The Morgan fingerprint density at radius 3 is 2.18 bits per heavy atom. The first-order chi connectivity index (χ1) is 18.9. The summed E-state index contributed by atoms with van der Waals surface area (Å²) >= 11 is 1.62. The molecule has 5 heteroatoms. The molecule has 0 aliphatic heterocycles. The Morgan fingerprint density at radius 2 is 1.49 bits per heavy atom. The van der Waals surface area contributed by atoms with Gasteiger partial charge in [-0.3, -0.25) is 9.59 Å². The summed E-state index contributed by atoms with van der Waals surface area (Å²) in [6.45, 7) is 6.69. The molecule has 0 aromatic heterocycles. The monoisotopic (exact) mass is 542 g/mol. The van der Waals surface area contributed by atoms with Gasteiger partial charge in [0.25, 0.3) is 0 Å². The van der Waals surface area contributed by atoms with Crippen LogP contribution in [0.1, 0.15) is 65.5 Å². The van der Waals surface area contributed by atoms with E-state index in [0.717, 1.165) is 48.1 Å². The fourth-order valence-corrected chi connectivity index (χ4v) is 6.44. The van der Waals surface area contributed by atoms with Crippen molar-refractivity contribution in [1.82, 2.24) is 10.2 Å². The van der Waals surface area contributed by atoms with Gasteiger partial charge in [-0.25, -0.2) is 0 Å². The van der Waals surface area contributed by atoms with E-state index >= 15 is 0 Å². The van der Waals surface area contributed by atoms with Crippen molar-refractivity contribution in [2.75, 3.05) is 5.75 Å². The first kappa shape index (κ1) is 28.9. The van der Waals surface area contributed by atoms with Gasteiger partial charge in [0.2, 0.25) is 11.8 Å². The fourth-order valence-electron chi connectivity index (χ4n) is 5.60. The van der Waals surface area contributed by atoms with E-state index < -0.39 is 6.04 Å². The van der Waals surface area contributed by atoms with Crippen molar-refractivity contribution < 1.29 is 9.59 Å². The number of carbonyl (C=O) groups excluding carboxylic acids is 2. The van der Waals surface area contributed by atoms with Crippen LogP contribution in [0, 0.1) is 20.8 Å². The third-order valence-electron chi connectivity index (χ3n) is 7.43. The largest absolute Gasteiger partial charge is 0.352 e. The van der Waals surface area contributed by atoms with Gasteiger partial charge < -0.3 is 10.2 Å². The number of rotatable bonds is 11. The number of nitrogens with one attached hydrogen (secondary N) is 1. The van der Waals surface area contributed by atoms with Gasteiger partial charge in [-0.2, -0.15) is 0 Å². The van der Waals surface area contributed by atoms with Crippen molar-refractivity contribution in [1.29, 1.82) is 0 Å². The van der Waals surface area contributed by atoms with Gasteiger partial charge in [0.15, 0.2) is 0 Å². The molecule has 1 unspecified atom stereocenters. The number of benzene rings is 3. The summed E-state index contributed by atoms with van der Waals surface area (Å²) < 4.78 is 0. The van der Waals surface area contributed by atoms with E-state index in [1.165, 1.54) is 23.1 Å². The Bertz CT molecular complexity index is 1220. The molecule has 1 saturated carbocycles. The first-order valence-corrected chi connectivity index (χ1v) is 15.4. The third-order valence-corrected chi connectivity index (χ3v) is 8.42. The lowest BCUT2D eigenvalue weighted by Gasteiger charge is -2.33. The maximum atomic E-state index is 13.9. The number of hydrogen-bond donors (Lipinski definition) is 1. The van der Waals surface area contributed by atoms with E-state index in [0.29, 0.717) is 18.7 Å². The minimum Gasteiger partial charge on any atom is -0.352 e. The van der Waals surface area contributed by atoms with Gasteiger partial charge >= 0.3 is 0 Å². The number of aryl methyl sites for hydroxylation is 3. The molecule has 206 valence electrons. The van der Waals surface area contributed by atoms with Crippen LogP contribution in [0.15, 0.2) is 72.8 Å². The molecule has 1 N–H and O–H groups in total. The summed E-state index contributed by atoms with van der Waals surface area (Å²) in [7, 11) is 0. The number of hydrogen-bond acceptors (Lipinski definition) is 3. The topological polar surface area (TPSA) is 49.4 Å². The highest BCUT2D eigenvalue weighted by Crippen LogP contribution is 2.22. The predicted molar refractivity (Wildman–Crippen MR) is 163 cm³/mol. The van der Waals surface area contributed by atoms with Crippen LogP contribution in [-0.4, -0.2) is 34.6 Å². The van der Waals surface area contributed by atoms with Crippen molar-refractivity contribution in [2.45, 2.75) is 83.7 Å². The average Bonchev–Trinajstić information content (AvgIpc) is 2.91. The van der Waals surface area contributed by atoms with E-state index in [1.807, 2.05) is 41.3 Å². The van der Waals surface area contributed by atoms with Crippen LogP contribution in [0.4, 0.5) is 0 Å². The second-order valence-corrected chi connectivity index (χ2v) is 12.0. The Labute approximate surface area is 238 Å².